The number of carboxylic acids is 1. The van der Waals surface area contributed by atoms with Crippen LogP contribution in [0.1, 0.15) is 59.3 Å². The van der Waals surface area contributed by atoms with Crippen LogP contribution in [-0.4, -0.2) is 149 Å². The minimum absolute atomic E-state index is 0.0925. The molecule has 0 aromatic carbocycles. The van der Waals surface area contributed by atoms with E-state index in [0.29, 0.717) is 0 Å². The van der Waals surface area contributed by atoms with Gasteiger partial charge in [-0.15, -0.1) is 0 Å². The second-order valence-electron chi connectivity index (χ2n) is 13.7. The van der Waals surface area contributed by atoms with Gasteiger partial charge in [0, 0.05) is 18.6 Å². The van der Waals surface area contributed by atoms with Gasteiger partial charge in [-0.3, -0.25) is 52.7 Å². The van der Waals surface area contributed by atoms with Crippen molar-refractivity contribution in [1.29, 1.82) is 0 Å². The van der Waals surface area contributed by atoms with E-state index in [1.54, 1.807) is 13.8 Å². The summed E-state index contributed by atoms with van der Waals surface area (Å²) in [6, 6.07) is -10.4. The van der Waals surface area contributed by atoms with Gasteiger partial charge >= 0.3 is 5.97 Å². The van der Waals surface area contributed by atoms with E-state index in [2.05, 4.69) is 55.2 Å². The maximum Gasteiger partial charge on any atom is 0.326 e. The Morgan fingerprint density at radius 3 is 1.43 bits per heavy atom. The van der Waals surface area contributed by atoms with Gasteiger partial charge in [0.15, 0.2) is 0 Å². The Kier molecular flexibility index (Phi) is 24.8. The highest BCUT2D eigenvalue weighted by atomic mass is 32.1. The highest BCUT2D eigenvalue weighted by Gasteiger charge is 2.32. The molecule has 26 nitrogen and oxygen atoms in total. The molecule has 60 heavy (non-hydrogen) atoms. The van der Waals surface area contributed by atoms with E-state index in [1.165, 1.54) is 0 Å². The summed E-state index contributed by atoms with van der Waals surface area (Å²) in [7, 11) is 0. The van der Waals surface area contributed by atoms with E-state index >= 15 is 0 Å². The van der Waals surface area contributed by atoms with Crippen LogP contribution in [0.25, 0.3) is 0 Å². The van der Waals surface area contributed by atoms with Gasteiger partial charge in [0.05, 0.1) is 26.1 Å². The first kappa shape index (κ1) is 53.9. The Hall–Kier alpha value is -6.09. The first-order valence-electron chi connectivity index (χ1n) is 18.3. The second kappa shape index (κ2) is 27.6. The number of hydrogen-bond acceptors (Lipinski definition) is 15. The first-order chi connectivity index (χ1) is 27.9. The first-order valence-corrected chi connectivity index (χ1v) is 19.0. The van der Waals surface area contributed by atoms with Crippen molar-refractivity contribution in [1.82, 2.24) is 42.5 Å². The molecule has 0 aromatic heterocycles. The van der Waals surface area contributed by atoms with Crippen molar-refractivity contribution in [3.05, 3.63) is 0 Å². The van der Waals surface area contributed by atoms with E-state index < -0.39 is 158 Å². The van der Waals surface area contributed by atoms with E-state index in [-0.39, 0.29) is 25.2 Å². The molecule has 0 aliphatic heterocycles. The molecule has 0 rings (SSSR count). The van der Waals surface area contributed by atoms with Gasteiger partial charge in [-0.25, -0.2) is 4.79 Å². The molecule has 338 valence electrons. The molecule has 0 saturated carbocycles. The van der Waals surface area contributed by atoms with Crippen LogP contribution in [0.5, 0.6) is 0 Å². The highest BCUT2D eigenvalue weighted by molar-refractivity contribution is 7.80. The molecule has 0 fully saturated rings. The third-order valence-electron chi connectivity index (χ3n) is 7.97. The van der Waals surface area contributed by atoms with Crippen molar-refractivity contribution >= 4 is 83.6 Å². The molecular formula is C33H56N12O14S. The average Bonchev–Trinajstić information content (AvgIpc) is 3.16. The quantitative estimate of drug-likeness (QED) is 0.0310. The topological polar surface area (TPSA) is 446 Å². The summed E-state index contributed by atoms with van der Waals surface area (Å²) >= 11 is 4.04. The monoisotopic (exact) mass is 876 g/mol. The predicted molar refractivity (Wildman–Crippen MR) is 210 cm³/mol. The van der Waals surface area contributed by atoms with Crippen LogP contribution in [0, 0.1) is 5.92 Å². The Labute approximate surface area is 349 Å². The molecule has 27 heteroatoms. The number of nitrogens with one attached hydrogen (secondary N) is 8. The number of carbonyl (C=O) groups excluding carboxylic acids is 11. The normalized spacial score (nSPS) is 14.2. The van der Waals surface area contributed by atoms with Crippen molar-refractivity contribution < 1.29 is 67.7 Å². The molecular weight excluding hydrogens is 820 g/mol. The fourth-order valence-electron chi connectivity index (χ4n) is 4.79. The molecule has 0 aromatic rings. The number of nitrogens with two attached hydrogens (primary N) is 4. The van der Waals surface area contributed by atoms with Crippen LogP contribution in [0.2, 0.25) is 0 Å². The van der Waals surface area contributed by atoms with Crippen LogP contribution in [0.15, 0.2) is 0 Å². The summed E-state index contributed by atoms with van der Waals surface area (Å²) in [6.45, 7) is 2.51. The molecule has 0 aliphatic rings. The number of amides is 11. The summed E-state index contributed by atoms with van der Waals surface area (Å²) in [5.41, 5.74) is 21.0. The zero-order valence-corrected chi connectivity index (χ0v) is 34.1. The number of primary amides is 3. The van der Waals surface area contributed by atoms with E-state index in [1.807, 2.05) is 0 Å². The summed E-state index contributed by atoms with van der Waals surface area (Å²) in [6.07, 6.45) is -2.28. The number of carboxylic acid groups (broad SMARTS) is 1. The predicted octanol–water partition coefficient (Wildman–Crippen LogP) is -8.07. The summed E-state index contributed by atoms with van der Waals surface area (Å²) in [5.74, 6) is -12.6. The SMILES string of the molecule is CC(C)C[C@H](NC(=O)CNC(=O)[C@H](CCC(N)=O)NC(=O)[C@H](CS)NC(=O)[C@H](CC(N)=O)NC(=O)[C@H](C)NC(=O)[C@H](CCC(N)=O)NC(=O)CNC(=O)[C@@H](N)CO)C(=O)O. The molecule has 0 radical (unpaired) electrons. The lowest BCUT2D eigenvalue weighted by Crippen LogP contribution is -2.60. The van der Waals surface area contributed by atoms with Gasteiger partial charge in [0.2, 0.25) is 65.0 Å². The van der Waals surface area contributed by atoms with Gasteiger partial charge in [-0.05, 0) is 32.1 Å². The molecule has 0 unspecified atom stereocenters. The molecule has 0 heterocycles. The smallest absolute Gasteiger partial charge is 0.326 e. The van der Waals surface area contributed by atoms with Gasteiger partial charge in [-0.1, -0.05) is 13.8 Å². The van der Waals surface area contributed by atoms with Crippen molar-refractivity contribution in [2.75, 3.05) is 25.4 Å². The largest absolute Gasteiger partial charge is 0.480 e. The zero-order valence-electron chi connectivity index (χ0n) is 33.2. The van der Waals surface area contributed by atoms with Gasteiger partial charge in [-0.2, -0.15) is 12.6 Å². The van der Waals surface area contributed by atoms with Crippen LogP contribution < -0.4 is 65.5 Å². The van der Waals surface area contributed by atoms with Crippen LogP contribution in [0.3, 0.4) is 0 Å². The van der Waals surface area contributed by atoms with E-state index in [4.69, 9.17) is 28.0 Å². The molecule has 7 atom stereocenters. The maximum atomic E-state index is 13.3. The van der Waals surface area contributed by atoms with Crippen molar-refractivity contribution in [2.45, 2.75) is 102 Å². The Morgan fingerprint density at radius 1 is 0.550 bits per heavy atom. The molecule has 0 saturated heterocycles. The fraction of sp³-hybridized carbons (Fsp3) is 0.636. The van der Waals surface area contributed by atoms with Crippen molar-refractivity contribution in [3.63, 3.8) is 0 Å². The number of aliphatic hydroxyl groups excluding tert-OH is 1. The lowest BCUT2D eigenvalue weighted by molar-refractivity contribution is -0.142. The van der Waals surface area contributed by atoms with Crippen LogP contribution >= 0.6 is 12.6 Å². The third kappa shape index (κ3) is 22.2. The summed E-state index contributed by atoms with van der Waals surface area (Å²) in [4.78, 5) is 148. The molecule has 18 N–H and O–H groups in total. The number of aliphatic carboxylic acids is 1. The molecule has 11 amide bonds. The number of hydrogen-bond donors (Lipinski definition) is 15. The number of thiol groups is 1. The van der Waals surface area contributed by atoms with Gasteiger partial charge in [0.25, 0.3) is 0 Å². The lowest BCUT2D eigenvalue weighted by atomic mass is 10.0. The highest BCUT2D eigenvalue weighted by Crippen LogP contribution is 2.06. The van der Waals surface area contributed by atoms with Crippen LogP contribution in [-0.2, 0) is 57.5 Å². The number of carbonyl (C=O) groups is 12. The third-order valence-corrected chi connectivity index (χ3v) is 8.33. The van der Waals surface area contributed by atoms with Crippen LogP contribution in [0.4, 0.5) is 0 Å². The molecule has 0 aliphatic carbocycles. The number of rotatable bonds is 29. The van der Waals surface area contributed by atoms with E-state index in [0.717, 1.165) is 6.92 Å². The van der Waals surface area contributed by atoms with E-state index in [9.17, 15) is 62.6 Å². The van der Waals surface area contributed by atoms with Gasteiger partial charge < -0.3 is 75.7 Å². The molecule has 0 bridgehead atoms. The Balaban J connectivity index is 5.81. The Bertz CT molecular complexity index is 1600. The zero-order chi connectivity index (χ0) is 46.3. The molecule has 0 spiro atoms. The standard InChI is InChI=1S/C33H56N12O14S/c1-14(2)8-20(33(58)59)42-26(51)11-39-29(54)17(4-6-22(35)47)43-32(57)21(13-60)45-31(56)19(9-24(37)49)44-27(52)15(3)40-30(55)18(5-7-23(36)48)41-25(50)10-38-28(53)16(34)12-46/h14-21,46,60H,4-13,34H2,1-3H3,(H2,35,47)(H2,36,48)(H2,37,49)(H,38,53)(H,39,54)(H,40,55)(H,41,50)(H,42,51)(H,43,57)(H,44,52)(H,45,56)(H,58,59)/t15-,16-,17-,18-,19-,20-,21-/m0/s1. The number of aliphatic hydroxyl groups is 1. The van der Waals surface area contributed by atoms with Crippen molar-refractivity contribution in [2.24, 2.45) is 28.9 Å². The van der Waals surface area contributed by atoms with Gasteiger partial charge in [0.1, 0.15) is 42.3 Å². The summed E-state index contributed by atoms with van der Waals surface area (Å²) < 4.78 is 0. The lowest BCUT2D eigenvalue weighted by Gasteiger charge is -2.25. The fourth-order valence-corrected chi connectivity index (χ4v) is 5.05. The second-order valence-corrected chi connectivity index (χ2v) is 14.1. The maximum absolute atomic E-state index is 13.3. The minimum Gasteiger partial charge on any atom is -0.480 e. The van der Waals surface area contributed by atoms with Crippen molar-refractivity contribution in [3.8, 4) is 0 Å². The minimum atomic E-state index is -1.76. The average molecular weight is 877 g/mol. The Morgan fingerprint density at radius 2 is 0.983 bits per heavy atom. The summed E-state index contributed by atoms with van der Waals surface area (Å²) in [5, 5.41) is 36.2.